The standard InChI is InChI=1S/C20H15F3N2O3/c1-11-6-7-14(8-12(11)2)17-25-16(18(26)28-17)10-13-4-3-5-15(9-13)24-19(27)20(21,22)23/h3-10H,1-2H3,(H,24,27)/b16-10-. The van der Waals surface area contributed by atoms with E-state index >= 15 is 0 Å². The SMILES string of the molecule is Cc1ccc(C2=N/C(=C\c3cccc(NC(=O)C(F)(F)F)c3)C(=O)O2)cc1C. The fourth-order valence-electron chi connectivity index (χ4n) is 2.47. The zero-order chi connectivity index (χ0) is 20.5. The molecule has 1 N–H and O–H groups in total. The fraction of sp³-hybridized carbons (Fsp3) is 0.150. The number of hydrogen-bond donors (Lipinski definition) is 1. The minimum Gasteiger partial charge on any atom is -0.402 e. The summed E-state index contributed by atoms with van der Waals surface area (Å²) in [6.45, 7) is 3.88. The summed E-state index contributed by atoms with van der Waals surface area (Å²) in [6, 6.07) is 11.1. The second kappa shape index (κ2) is 7.30. The van der Waals surface area contributed by atoms with Gasteiger partial charge in [0.1, 0.15) is 0 Å². The second-order valence-corrected chi connectivity index (χ2v) is 6.21. The number of hydrogen-bond acceptors (Lipinski definition) is 4. The third-order valence-electron chi connectivity index (χ3n) is 4.08. The number of halogens is 3. The molecular weight excluding hydrogens is 373 g/mol. The Morgan fingerprint density at radius 3 is 2.54 bits per heavy atom. The lowest BCUT2D eigenvalue weighted by atomic mass is 10.1. The maximum Gasteiger partial charge on any atom is 0.471 e. The summed E-state index contributed by atoms with van der Waals surface area (Å²) in [5.41, 5.74) is 3.08. The lowest BCUT2D eigenvalue weighted by molar-refractivity contribution is -0.167. The number of carbonyl (C=O) groups is 2. The zero-order valence-corrected chi connectivity index (χ0v) is 14.9. The molecule has 0 saturated carbocycles. The molecule has 28 heavy (non-hydrogen) atoms. The molecule has 0 spiro atoms. The minimum atomic E-state index is -4.99. The van der Waals surface area contributed by atoms with Crippen LogP contribution in [0.15, 0.2) is 53.2 Å². The van der Waals surface area contributed by atoms with Crippen molar-refractivity contribution in [1.82, 2.24) is 0 Å². The second-order valence-electron chi connectivity index (χ2n) is 6.21. The molecule has 1 amide bonds. The molecule has 1 aliphatic rings. The topological polar surface area (TPSA) is 67.8 Å². The van der Waals surface area contributed by atoms with E-state index in [4.69, 9.17) is 4.74 Å². The molecule has 1 aliphatic heterocycles. The molecule has 1 heterocycles. The van der Waals surface area contributed by atoms with E-state index in [0.717, 1.165) is 11.1 Å². The van der Waals surface area contributed by atoms with Crippen LogP contribution in [-0.4, -0.2) is 24.0 Å². The van der Waals surface area contributed by atoms with E-state index < -0.39 is 18.1 Å². The molecule has 0 radical (unpaired) electrons. The highest BCUT2D eigenvalue weighted by Crippen LogP contribution is 2.23. The maximum atomic E-state index is 12.4. The van der Waals surface area contributed by atoms with Crippen LogP contribution in [-0.2, 0) is 14.3 Å². The number of aliphatic imine (C=N–C) groups is 1. The molecule has 0 aromatic heterocycles. The number of anilines is 1. The van der Waals surface area contributed by atoms with E-state index in [2.05, 4.69) is 4.99 Å². The van der Waals surface area contributed by atoms with E-state index in [-0.39, 0.29) is 17.3 Å². The van der Waals surface area contributed by atoms with Gasteiger partial charge < -0.3 is 10.1 Å². The van der Waals surface area contributed by atoms with Crippen LogP contribution in [0.5, 0.6) is 0 Å². The molecule has 5 nitrogen and oxygen atoms in total. The third kappa shape index (κ3) is 4.28. The highest BCUT2D eigenvalue weighted by atomic mass is 19.4. The number of cyclic esters (lactones) is 1. The number of nitrogens with one attached hydrogen (secondary N) is 1. The van der Waals surface area contributed by atoms with Gasteiger partial charge in [-0.05, 0) is 60.9 Å². The molecule has 0 unspecified atom stereocenters. The molecule has 0 fully saturated rings. The Morgan fingerprint density at radius 2 is 1.86 bits per heavy atom. The molecule has 0 atom stereocenters. The Bertz CT molecular complexity index is 1020. The van der Waals surface area contributed by atoms with Gasteiger partial charge in [-0.2, -0.15) is 13.2 Å². The van der Waals surface area contributed by atoms with Crippen molar-refractivity contribution in [3.05, 3.63) is 70.4 Å². The van der Waals surface area contributed by atoms with Crippen molar-refractivity contribution >= 4 is 29.5 Å². The molecule has 144 valence electrons. The monoisotopic (exact) mass is 388 g/mol. The van der Waals surface area contributed by atoms with E-state index in [9.17, 15) is 22.8 Å². The van der Waals surface area contributed by atoms with Gasteiger partial charge in [0, 0.05) is 11.3 Å². The Balaban J connectivity index is 1.86. The summed E-state index contributed by atoms with van der Waals surface area (Å²) in [5.74, 6) is -2.59. The summed E-state index contributed by atoms with van der Waals surface area (Å²) in [4.78, 5) is 27.3. The lowest BCUT2D eigenvalue weighted by Crippen LogP contribution is -2.29. The van der Waals surface area contributed by atoms with Crippen LogP contribution in [0.25, 0.3) is 6.08 Å². The molecular formula is C20H15F3N2O3. The Kier molecular flexibility index (Phi) is 5.04. The average Bonchev–Trinajstić information content (AvgIpc) is 2.97. The molecule has 3 rings (SSSR count). The van der Waals surface area contributed by atoms with Gasteiger partial charge in [-0.15, -0.1) is 0 Å². The first-order valence-electron chi connectivity index (χ1n) is 8.22. The molecule has 2 aromatic rings. The lowest BCUT2D eigenvalue weighted by Gasteiger charge is -2.08. The Hall–Kier alpha value is -3.42. The number of amides is 1. The van der Waals surface area contributed by atoms with Crippen molar-refractivity contribution in [2.24, 2.45) is 4.99 Å². The number of alkyl halides is 3. The fourth-order valence-corrected chi connectivity index (χ4v) is 2.47. The normalized spacial score (nSPS) is 15.4. The number of esters is 1. The smallest absolute Gasteiger partial charge is 0.402 e. The quantitative estimate of drug-likeness (QED) is 0.635. The van der Waals surface area contributed by atoms with Crippen molar-refractivity contribution in [3.63, 3.8) is 0 Å². The largest absolute Gasteiger partial charge is 0.471 e. The van der Waals surface area contributed by atoms with Gasteiger partial charge in [0.05, 0.1) is 0 Å². The summed E-state index contributed by atoms with van der Waals surface area (Å²) in [7, 11) is 0. The van der Waals surface area contributed by atoms with Crippen molar-refractivity contribution < 1.29 is 27.5 Å². The van der Waals surface area contributed by atoms with E-state index in [1.165, 1.54) is 24.3 Å². The predicted octanol–water partition coefficient (Wildman–Crippen LogP) is 4.15. The predicted molar refractivity (Wildman–Crippen MR) is 97.6 cm³/mol. The van der Waals surface area contributed by atoms with Gasteiger partial charge in [0.25, 0.3) is 0 Å². The molecule has 8 heteroatoms. The summed E-state index contributed by atoms with van der Waals surface area (Å²) >= 11 is 0. The van der Waals surface area contributed by atoms with E-state index in [0.29, 0.717) is 11.1 Å². The number of nitrogens with zero attached hydrogens (tertiary/aromatic N) is 1. The number of ether oxygens (including phenoxy) is 1. The first-order chi connectivity index (χ1) is 13.1. The van der Waals surface area contributed by atoms with Crippen LogP contribution in [0.1, 0.15) is 22.3 Å². The number of aryl methyl sites for hydroxylation is 2. The van der Waals surface area contributed by atoms with Gasteiger partial charge >= 0.3 is 18.1 Å². The van der Waals surface area contributed by atoms with Crippen LogP contribution >= 0.6 is 0 Å². The molecule has 0 aliphatic carbocycles. The summed E-state index contributed by atoms with van der Waals surface area (Å²) in [6.07, 6.45) is -3.62. The number of carbonyl (C=O) groups excluding carboxylic acids is 2. The number of benzene rings is 2. The third-order valence-corrected chi connectivity index (χ3v) is 4.08. The van der Waals surface area contributed by atoms with Crippen molar-refractivity contribution in [2.45, 2.75) is 20.0 Å². The van der Waals surface area contributed by atoms with Crippen LogP contribution in [0.3, 0.4) is 0 Å². The maximum absolute atomic E-state index is 12.4. The van der Waals surface area contributed by atoms with Crippen molar-refractivity contribution in [3.8, 4) is 0 Å². The van der Waals surface area contributed by atoms with Crippen molar-refractivity contribution in [1.29, 1.82) is 0 Å². The molecule has 2 aromatic carbocycles. The Morgan fingerprint density at radius 1 is 1.11 bits per heavy atom. The molecule has 0 saturated heterocycles. The van der Waals surface area contributed by atoms with Crippen LogP contribution < -0.4 is 5.32 Å². The molecule has 0 bridgehead atoms. The first-order valence-corrected chi connectivity index (χ1v) is 8.22. The van der Waals surface area contributed by atoms with Gasteiger partial charge in [-0.25, -0.2) is 9.79 Å². The summed E-state index contributed by atoms with van der Waals surface area (Å²) in [5, 5.41) is 1.76. The van der Waals surface area contributed by atoms with E-state index in [1.807, 2.05) is 26.0 Å². The average molecular weight is 388 g/mol. The Labute approximate surface area is 158 Å². The van der Waals surface area contributed by atoms with Gasteiger partial charge in [-0.1, -0.05) is 18.2 Å². The van der Waals surface area contributed by atoms with Gasteiger partial charge in [-0.3, -0.25) is 4.79 Å². The van der Waals surface area contributed by atoms with Crippen LogP contribution in [0, 0.1) is 13.8 Å². The first kappa shape index (κ1) is 19.3. The van der Waals surface area contributed by atoms with Gasteiger partial charge in [0.2, 0.25) is 5.90 Å². The van der Waals surface area contributed by atoms with Gasteiger partial charge in [0.15, 0.2) is 5.70 Å². The van der Waals surface area contributed by atoms with E-state index in [1.54, 1.807) is 17.4 Å². The number of rotatable bonds is 3. The zero-order valence-electron chi connectivity index (χ0n) is 14.9. The highest BCUT2D eigenvalue weighted by Gasteiger charge is 2.38. The van der Waals surface area contributed by atoms with Crippen LogP contribution in [0.4, 0.5) is 18.9 Å². The van der Waals surface area contributed by atoms with Crippen LogP contribution in [0.2, 0.25) is 0 Å². The van der Waals surface area contributed by atoms with Crippen molar-refractivity contribution in [2.75, 3.05) is 5.32 Å². The highest BCUT2D eigenvalue weighted by molar-refractivity contribution is 6.13. The minimum absolute atomic E-state index is 0.00697. The summed E-state index contributed by atoms with van der Waals surface area (Å²) < 4.78 is 42.3.